The highest BCUT2D eigenvalue weighted by Gasteiger charge is 1.99. The highest BCUT2D eigenvalue weighted by Crippen LogP contribution is 2.18. The fourth-order valence-electron chi connectivity index (χ4n) is 7.84. The van der Waals surface area contributed by atoms with Gasteiger partial charge in [-0.25, -0.2) is 0 Å². The Morgan fingerprint density at radius 2 is 0.286 bits per heavy atom. The highest BCUT2D eigenvalue weighted by molar-refractivity contribution is 6.35. The molecule has 0 atom stereocenters. The van der Waals surface area contributed by atoms with Gasteiger partial charge >= 0.3 is 0 Å². The summed E-state index contributed by atoms with van der Waals surface area (Å²) in [4.78, 5) is 0. The van der Waals surface area contributed by atoms with Gasteiger partial charge in [-0.05, 0) is 0 Å². The quantitative estimate of drug-likeness (QED) is 0.0437. The summed E-state index contributed by atoms with van der Waals surface area (Å²) >= 11 is 0. The fraction of sp³-hybridized carbons (Fsp3) is 1.00. The minimum Gasteiger partial charge on any atom is -0.0654 e. The van der Waals surface area contributed by atoms with E-state index in [-0.39, 0.29) is 0 Å². The summed E-state index contributed by atoms with van der Waals surface area (Å²) in [5.41, 5.74) is 0. The van der Waals surface area contributed by atoms with E-state index in [1.807, 2.05) is 0 Å². The summed E-state index contributed by atoms with van der Waals surface area (Å²) in [6.07, 6.45) is 65.5. The van der Waals surface area contributed by atoms with Crippen LogP contribution in [0.1, 0.15) is 296 Å². The summed E-state index contributed by atoms with van der Waals surface area (Å²) in [7, 11) is 1.25. The molecule has 0 unspecified atom stereocenters. The molecule has 0 N–H and O–H groups in total. The summed E-state index contributed by atoms with van der Waals surface area (Å²) < 4.78 is 0. The summed E-state index contributed by atoms with van der Waals surface area (Å²) in [6.45, 7) is 4.62. The Balaban J connectivity index is 3.04. The third-order valence-electron chi connectivity index (χ3n) is 11.4. The van der Waals surface area contributed by atoms with Crippen LogP contribution in [0.4, 0.5) is 0 Å². The van der Waals surface area contributed by atoms with Crippen LogP contribution in [0.3, 0.4) is 0 Å². The monoisotopic (exact) mass is 703 g/mol. The van der Waals surface area contributed by atoms with E-state index in [0.717, 1.165) is 0 Å². The van der Waals surface area contributed by atoms with E-state index in [1.54, 1.807) is 0 Å². The maximum Gasteiger partial charge on any atom is 0.0378 e. The molecule has 2 radical (unpaired) electrons. The van der Waals surface area contributed by atoms with Crippen LogP contribution >= 0.6 is 0 Å². The van der Waals surface area contributed by atoms with Crippen LogP contribution in [0.25, 0.3) is 0 Å². The van der Waals surface area contributed by atoms with Gasteiger partial charge in [-0.3, -0.25) is 0 Å². The first-order chi connectivity index (χ1) is 24.4. The molecule has 0 aromatic carbocycles. The summed E-state index contributed by atoms with van der Waals surface area (Å²) in [5.74, 6) is 0. The van der Waals surface area contributed by atoms with E-state index >= 15 is 0 Å². The molecule has 0 amide bonds. The largest absolute Gasteiger partial charge is 0.0654 e. The molecule has 0 saturated heterocycles. The molecule has 0 aromatic heterocycles. The third-order valence-corrected chi connectivity index (χ3v) is 12.8. The Hall–Kier alpha value is 0.217. The first-order valence-corrected chi connectivity index (χ1v) is 25.5. The second kappa shape index (κ2) is 48.2. The molecule has 0 heterocycles. The third kappa shape index (κ3) is 48.2. The molecule has 1 heteroatoms. The van der Waals surface area contributed by atoms with Crippen molar-refractivity contribution in [2.75, 3.05) is 0 Å². The maximum absolute atomic E-state index is 2.31. The Labute approximate surface area is 316 Å². The Morgan fingerprint density at radius 1 is 0.163 bits per heavy atom. The van der Waals surface area contributed by atoms with Gasteiger partial charge in [0.15, 0.2) is 0 Å². The first-order valence-electron chi connectivity index (χ1n) is 24.1. The van der Waals surface area contributed by atoms with Crippen molar-refractivity contribution < 1.29 is 0 Å². The SMILES string of the molecule is CCCCCCCCCCCCCCCCCCCCCCCC[Si]CCCCCCCCCCCCCCCCCCCCCCCC. The molecular weight excluding hydrogens is 605 g/mol. The molecular formula is C48H98Si. The second-order valence-corrected chi connectivity index (χ2v) is 18.1. The number of hydrogen-bond acceptors (Lipinski definition) is 0. The van der Waals surface area contributed by atoms with Gasteiger partial charge in [0.2, 0.25) is 0 Å². The van der Waals surface area contributed by atoms with Gasteiger partial charge < -0.3 is 0 Å². The lowest BCUT2D eigenvalue weighted by Crippen LogP contribution is -1.90. The zero-order chi connectivity index (χ0) is 35.2. The molecule has 0 fully saturated rings. The van der Waals surface area contributed by atoms with E-state index in [0.29, 0.717) is 0 Å². The maximum atomic E-state index is 2.31. The van der Waals surface area contributed by atoms with Gasteiger partial charge in [-0.1, -0.05) is 308 Å². The van der Waals surface area contributed by atoms with Crippen molar-refractivity contribution in [3.05, 3.63) is 0 Å². The van der Waals surface area contributed by atoms with Crippen LogP contribution in [0.5, 0.6) is 0 Å². The van der Waals surface area contributed by atoms with Crippen molar-refractivity contribution in [2.24, 2.45) is 0 Å². The van der Waals surface area contributed by atoms with Crippen molar-refractivity contribution in [3.8, 4) is 0 Å². The Bertz CT molecular complexity index is 483. The topological polar surface area (TPSA) is 0 Å². The summed E-state index contributed by atoms with van der Waals surface area (Å²) in [6, 6.07) is 3.05. The van der Waals surface area contributed by atoms with Crippen LogP contribution in [0.2, 0.25) is 12.1 Å². The molecule has 294 valence electrons. The molecule has 0 aliphatic carbocycles. The van der Waals surface area contributed by atoms with Crippen molar-refractivity contribution in [2.45, 2.75) is 308 Å². The van der Waals surface area contributed by atoms with Crippen LogP contribution in [0.15, 0.2) is 0 Å². The van der Waals surface area contributed by atoms with Gasteiger partial charge in [-0.15, -0.1) is 0 Å². The molecule has 49 heavy (non-hydrogen) atoms. The lowest BCUT2D eigenvalue weighted by atomic mass is 10.0. The minimum absolute atomic E-state index is 1.25. The smallest absolute Gasteiger partial charge is 0.0378 e. The molecule has 0 bridgehead atoms. The molecule has 0 spiro atoms. The fourth-order valence-corrected chi connectivity index (χ4v) is 9.09. The van der Waals surface area contributed by atoms with Gasteiger partial charge in [0, 0.05) is 9.52 Å². The standard InChI is InChI=1S/C48H98Si/c1-3-5-7-9-11-13-15-17-19-21-23-25-27-29-31-33-35-37-39-41-43-45-47-49-48-46-44-42-40-38-36-34-32-30-28-26-24-22-20-18-16-14-12-10-8-6-4-2/h3-48H2,1-2H3. The first kappa shape index (κ1) is 49.2. The second-order valence-electron chi connectivity index (χ2n) is 16.6. The lowest BCUT2D eigenvalue weighted by molar-refractivity contribution is 0.519. The van der Waals surface area contributed by atoms with E-state index in [4.69, 9.17) is 0 Å². The highest BCUT2D eigenvalue weighted by atomic mass is 28.2. The average Bonchev–Trinajstić information content (AvgIpc) is 3.11. The number of unbranched alkanes of at least 4 members (excludes halogenated alkanes) is 42. The molecule has 0 rings (SSSR count). The molecule has 0 aliphatic rings. The minimum atomic E-state index is 1.25. The lowest BCUT2D eigenvalue weighted by Gasteiger charge is -2.05. The van der Waals surface area contributed by atoms with Crippen LogP contribution in [-0.2, 0) is 0 Å². The van der Waals surface area contributed by atoms with Gasteiger partial charge in [0.25, 0.3) is 0 Å². The molecule has 0 aromatic rings. The zero-order valence-electron chi connectivity index (χ0n) is 35.0. The van der Waals surface area contributed by atoms with E-state index < -0.39 is 0 Å². The van der Waals surface area contributed by atoms with E-state index in [1.165, 1.54) is 304 Å². The van der Waals surface area contributed by atoms with Crippen LogP contribution < -0.4 is 0 Å². The van der Waals surface area contributed by atoms with Crippen molar-refractivity contribution in [1.82, 2.24) is 0 Å². The van der Waals surface area contributed by atoms with E-state index in [9.17, 15) is 0 Å². The number of hydrogen-bond donors (Lipinski definition) is 0. The van der Waals surface area contributed by atoms with E-state index in [2.05, 4.69) is 13.8 Å². The average molecular weight is 703 g/mol. The van der Waals surface area contributed by atoms with Crippen LogP contribution in [-0.4, -0.2) is 9.52 Å². The molecule has 0 saturated carbocycles. The normalized spacial score (nSPS) is 11.6. The molecule has 0 nitrogen and oxygen atoms in total. The van der Waals surface area contributed by atoms with Gasteiger partial charge in [0.1, 0.15) is 0 Å². The Kier molecular flexibility index (Phi) is 48.4. The van der Waals surface area contributed by atoms with Crippen molar-refractivity contribution in [1.29, 1.82) is 0 Å². The predicted octanol–water partition coefficient (Wildman–Crippen LogP) is 18.7. The van der Waals surface area contributed by atoms with Gasteiger partial charge in [-0.2, -0.15) is 0 Å². The van der Waals surface area contributed by atoms with Gasteiger partial charge in [0.05, 0.1) is 0 Å². The molecule has 0 aliphatic heterocycles. The van der Waals surface area contributed by atoms with Crippen LogP contribution in [0, 0.1) is 0 Å². The van der Waals surface area contributed by atoms with Crippen molar-refractivity contribution in [3.63, 3.8) is 0 Å². The Morgan fingerprint density at radius 3 is 0.429 bits per heavy atom. The number of rotatable bonds is 46. The predicted molar refractivity (Wildman–Crippen MR) is 230 cm³/mol. The van der Waals surface area contributed by atoms with Crippen molar-refractivity contribution >= 4 is 9.52 Å². The zero-order valence-corrected chi connectivity index (χ0v) is 36.0. The summed E-state index contributed by atoms with van der Waals surface area (Å²) in [5, 5.41) is 0.